The molecule has 4 rings (SSSR count). The zero-order chi connectivity index (χ0) is 26.0. The lowest BCUT2D eigenvalue weighted by Crippen LogP contribution is -2.65. The van der Waals surface area contributed by atoms with Crippen LogP contribution in [-0.4, -0.2) is 117 Å². The molecule has 1 aromatic rings. The third kappa shape index (κ3) is 6.08. The molecule has 0 aliphatic carbocycles. The van der Waals surface area contributed by atoms with Gasteiger partial charge in [-0.2, -0.15) is 0 Å². The number of thioether (sulfide) groups is 1. The fourth-order valence-corrected chi connectivity index (χ4v) is 6.12. The maximum Gasteiger partial charge on any atom is 0.240 e. The molecule has 0 spiro atoms. The third-order valence-corrected chi connectivity index (χ3v) is 8.26. The van der Waals surface area contributed by atoms with Crippen molar-refractivity contribution in [2.75, 3.05) is 38.2 Å². The Bertz CT molecular complexity index is 900. The molecule has 3 aliphatic heterocycles. The standard InChI is InChI=1S/C23H36ClN5O6S/c1-11(24)15(21-18(31)17(30)19(32)23(35-21)36-2)28-22(33)16-20-13(8-27-16)10-29(5-6-34-20)9-12-3-4-26-14(25)7-12/h3-4,7,11,13,15-21,23,27,30-32H,5-6,8-10H2,1-2H3,(H2,25,26)(H,28,33)/t11-,13+,15+,16-,17?,18?,19?,20+,21?,23?/m0/s1. The molecular formula is C23H36ClN5O6S. The molecule has 11 nitrogen and oxygen atoms in total. The van der Waals surface area contributed by atoms with E-state index in [1.54, 1.807) is 19.4 Å². The van der Waals surface area contributed by atoms with Crippen molar-refractivity contribution in [1.29, 1.82) is 0 Å². The highest BCUT2D eigenvalue weighted by Gasteiger charge is 2.49. The molecule has 0 radical (unpaired) electrons. The van der Waals surface area contributed by atoms with E-state index in [-0.39, 0.29) is 17.9 Å². The number of pyridine rings is 1. The van der Waals surface area contributed by atoms with Crippen LogP contribution in [0.2, 0.25) is 0 Å². The number of fused-ring (bicyclic) bond motifs is 1. The number of halogens is 1. The molecule has 10 atom stereocenters. The average Bonchev–Trinajstić information content (AvgIpc) is 3.13. The number of hydrogen-bond donors (Lipinski definition) is 6. The number of rotatable bonds is 7. The number of hydrogen-bond acceptors (Lipinski definition) is 11. The predicted molar refractivity (Wildman–Crippen MR) is 136 cm³/mol. The zero-order valence-corrected chi connectivity index (χ0v) is 21.9. The number of ether oxygens (including phenoxy) is 2. The number of nitrogens with one attached hydrogen (secondary N) is 2. The fraction of sp³-hybridized carbons (Fsp3) is 0.739. The van der Waals surface area contributed by atoms with Gasteiger partial charge in [-0.15, -0.1) is 23.4 Å². The minimum atomic E-state index is -1.42. The van der Waals surface area contributed by atoms with Gasteiger partial charge in [0.1, 0.15) is 41.7 Å². The highest BCUT2D eigenvalue weighted by molar-refractivity contribution is 7.99. The smallest absolute Gasteiger partial charge is 0.240 e. The van der Waals surface area contributed by atoms with E-state index < -0.39 is 47.3 Å². The van der Waals surface area contributed by atoms with Crippen molar-refractivity contribution in [3.05, 3.63) is 23.9 Å². The summed E-state index contributed by atoms with van der Waals surface area (Å²) in [6.45, 7) is 4.97. The molecule has 13 heteroatoms. The van der Waals surface area contributed by atoms with E-state index in [1.165, 1.54) is 11.8 Å². The van der Waals surface area contributed by atoms with Crippen molar-refractivity contribution in [2.24, 2.45) is 5.92 Å². The summed E-state index contributed by atoms with van der Waals surface area (Å²) in [6, 6.07) is 2.40. The van der Waals surface area contributed by atoms with E-state index in [0.717, 1.165) is 18.7 Å². The Hall–Kier alpha value is -1.22. The Balaban J connectivity index is 1.40. The molecule has 0 aromatic carbocycles. The summed E-state index contributed by atoms with van der Waals surface area (Å²) < 4.78 is 12.0. The molecule has 1 aromatic heterocycles. The zero-order valence-electron chi connectivity index (χ0n) is 20.4. The SMILES string of the molecule is CSC1OC([C@H](NC(=O)[C@H]2NC[C@@H]3CN(Cc4ccnc(N)c4)CCO[C@H]32)[C@H](C)Cl)C(O)C(O)C1O. The predicted octanol–water partition coefficient (Wildman–Crippen LogP) is -1.26. The summed E-state index contributed by atoms with van der Waals surface area (Å²) in [5.74, 6) is 0.271. The second-order valence-electron chi connectivity index (χ2n) is 9.69. The number of aromatic nitrogens is 1. The van der Waals surface area contributed by atoms with Crippen molar-refractivity contribution >= 4 is 35.1 Å². The third-order valence-electron chi connectivity index (χ3n) is 7.13. The normalized spacial score (nSPS) is 37.1. The molecule has 4 heterocycles. The Labute approximate surface area is 220 Å². The minimum Gasteiger partial charge on any atom is -0.388 e. The first-order chi connectivity index (χ1) is 17.2. The van der Waals surface area contributed by atoms with Crippen molar-refractivity contribution in [2.45, 2.75) is 66.9 Å². The topological polar surface area (TPSA) is 162 Å². The van der Waals surface area contributed by atoms with Crippen molar-refractivity contribution < 1.29 is 29.6 Å². The Morgan fingerprint density at radius 1 is 1.39 bits per heavy atom. The van der Waals surface area contributed by atoms with E-state index in [4.69, 9.17) is 26.8 Å². The second kappa shape index (κ2) is 12.1. The highest BCUT2D eigenvalue weighted by atomic mass is 35.5. The Morgan fingerprint density at radius 2 is 2.17 bits per heavy atom. The van der Waals surface area contributed by atoms with Gasteiger partial charge in [-0.25, -0.2) is 4.98 Å². The van der Waals surface area contributed by atoms with Gasteiger partial charge in [0.25, 0.3) is 0 Å². The summed E-state index contributed by atoms with van der Waals surface area (Å²) in [4.78, 5) is 19.7. The number of carbonyl (C=O) groups is 1. The summed E-state index contributed by atoms with van der Waals surface area (Å²) in [6.07, 6.45) is -1.98. The lowest BCUT2D eigenvalue weighted by Gasteiger charge is -2.44. The van der Waals surface area contributed by atoms with Gasteiger partial charge in [0.05, 0.1) is 24.1 Å². The van der Waals surface area contributed by atoms with Crippen LogP contribution < -0.4 is 16.4 Å². The van der Waals surface area contributed by atoms with Crippen LogP contribution in [0.3, 0.4) is 0 Å². The van der Waals surface area contributed by atoms with E-state index in [1.807, 2.05) is 12.1 Å². The first-order valence-electron chi connectivity index (χ1n) is 12.1. The van der Waals surface area contributed by atoms with Gasteiger partial charge in [0, 0.05) is 38.3 Å². The number of amides is 1. The summed E-state index contributed by atoms with van der Waals surface area (Å²) in [5, 5.41) is 36.7. The molecule has 3 saturated heterocycles. The maximum atomic E-state index is 13.4. The van der Waals surface area contributed by atoms with E-state index >= 15 is 0 Å². The largest absolute Gasteiger partial charge is 0.388 e. The lowest BCUT2D eigenvalue weighted by atomic mass is 9.92. The monoisotopic (exact) mass is 545 g/mol. The van der Waals surface area contributed by atoms with Crippen LogP contribution in [0.5, 0.6) is 0 Å². The second-order valence-corrected chi connectivity index (χ2v) is 11.3. The summed E-state index contributed by atoms with van der Waals surface area (Å²) >= 11 is 7.62. The molecule has 202 valence electrons. The average molecular weight is 546 g/mol. The molecule has 3 aliphatic rings. The van der Waals surface area contributed by atoms with Gasteiger partial charge >= 0.3 is 0 Å². The molecule has 1 amide bonds. The number of carbonyl (C=O) groups excluding carboxylic acids is 1. The van der Waals surface area contributed by atoms with E-state index in [2.05, 4.69) is 20.5 Å². The molecule has 0 saturated carbocycles. The Morgan fingerprint density at radius 3 is 2.86 bits per heavy atom. The quantitative estimate of drug-likeness (QED) is 0.227. The van der Waals surface area contributed by atoms with Gasteiger partial charge in [-0.05, 0) is 30.9 Å². The summed E-state index contributed by atoms with van der Waals surface area (Å²) in [7, 11) is 0. The van der Waals surface area contributed by atoms with E-state index in [0.29, 0.717) is 25.5 Å². The number of anilines is 1. The number of nitrogens with zero attached hydrogens (tertiary/aromatic N) is 2. The number of alkyl halides is 1. The first kappa shape index (κ1) is 27.8. The number of aliphatic hydroxyl groups excluding tert-OH is 3. The van der Waals surface area contributed by atoms with Gasteiger partial charge < -0.3 is 41.2 Å². The minimum absolute atomic E-state index is 0.101. The number of nitrogen functional groups attached to an aromatic ring is 1. The number of aliphatic hydroxyl groups is 3. The number of nitrogens with two attached hydrogens (primary N) is 1. The van der Waals surface area contributed by atoms with Crippen LogP contribution in [0.15, 0.2) is 18.3 Å². The van der Waals surface area contributed by atoms with E-state index in [9.17, 15) is 20.1 Å². The van der Waals surface area contributed by atoms with Crippen LogP contribution in [0.1, 0.15) is 12.5 Å². The summed E-state index contributed by atoms with van der Waals surface area (Å²) in [5.41, 5.74) is 6.13. The van der Waals surface area contributed by atoms with Gasteiger partial charge in [0.15, 0.2) is 0 Å². The van der Waals surface area contributed by atoms with Crippen LogP contribution >= 0.6 is 23.4 Å². The van der Waals surface area contributed by atoms with Crippen molar-refractivity contribution in [3.63, 3.8) is 0 Å². The van der Waals surface area contributed by atoms with Crippen LogP contribution in [0.4, 0.5) is 5.82 Å². The molecule has 7 N–H and O–H groups in total. The molecule has 36 heavy (non-hydrogen) atoms. The van der Waals surface area contributed by atoms with Crippen molar-refractivity contribution in [1.82, 2.24) is 20.5 Å². The molecule has 3 fully saturated rings. The molecular weight excluding hydrogens is 510 g/mol. The van der Waals surface area contributed by atoms with Crippen molar-refractivity contribution in [3.8, 4) is 0 Å². The Kier molecular flexibility index (Phi) is 9.34. The van der Waals surface area contributed by atoms with Crippen LogP contribution in [-0.2, 0) is 20.8 Å². The van der Waals surface area contributed by atoms with Gasteiger partial charge in [-0.1, -0.05) is 0 Å². The van der Waals surface area contributed by atoms with Crippen LogP contribution in [0.25, 0.3) is 0 Å². The molecule has 0 bridgehead atoms. The van der Waals surface area contributed by atoms with Gasteiger partial charge in [-0.3, -0.25) is 9.69 Å². The highest BCUT2D eigenvalue weighted by Crippen LogP contribution is 2.31. The maximum absolute atomic E-state index is 13.4. The fourth-order valence-electron chi connectivity index (χ4n) is 5.24. The van der Waals surface area contributed by atoms with Gasteiger partial charge in [0.2, 0.25) is 5.91 Å². The molecule has 5 unspecified atom stereocenters. The lowest BCUT2D eigenvalue weighted by molar-refractivity contribution is -0.205. The first-order valence-corrected chi connectivity index (χ1v) is 13.9. The van der Waals surface area contributed by atoms with Crippen LogP contribution in [0, 0.1) is 5.92 Å².